The van der Waals surface area contributed by atoms with Crippen LogP contribution in [0.15, 0.2) is 82.4 Å². The number of furan rings is 1. The van der Waals surface area contributed by atoms with Crippen molar-refractivity contribution in [1.29, 1.82) is 5.26 Å². The third kappa shape index (κ3) is 4.18. The Hall–Kier alpha value is -3.89. The predicted octanol–water partition coefficient (Wildman–Crippen LogP) is 4.42. The zero-order valence-electron chi connectivity index (χ0n) is 15.3. The van der Waals surface area contributed by atoms with Crippen molar-refractivity contribution in [2.24, 2.45) is 0 Å². The van der Waals surface area contributed by atoms with Gasteiger partial charge in [-0.2, -0.15) is 10.4 Å². The van der Waals surface area contributed by atoms with Gasteiger partial charge in [0.1, 0.15) is 23.1 Å². The zero-order chi connectivity index (χ0) is 20.1. The van der Waals surface area contributed by atoms with E-state index >= 15 is 0 Å². The van der Waals surface area contributed by atoms with Crippen LogP contribution in [0.1, 0.15) is 11.3 Å². The number of hydrogen-bond donors (Lipinski definition) is 1. The van der Waals surface area contributed by atoms with Crippen LogP contribution in [0.3, 0.4) is 0 Å². The number of rotatable bonds is 6. The summed E-state index contributed by atoms with van der Waals surface area (Å²) in [6.45, 7) is 0.214. The van der Waals surface area contributed by atoms with Crippen molar-refractivity contribution in [3.05, 3.63) is 89.3 Å². The molecule has 6 nitrogen and oxygen atoms in total. The second kappa shape index (κ2) is 8.42. The Balaban J connectivity index is 1.67. The summed E-state index contributed by atoms with van der Waals surface area (Å²) in [5.74, 6) is 0.153. The molecule has 0 unspecified atom stereocenters. The van der Waals surface area contributed by atoms with Gasteiger partial charge in [-0.25, -0.2) is 4.68 Å². The molecule has 0 atom stereocenters. The van der Waals surface area contributed by atoms with Gasteiger partial charge in [-0.15, -0.1) is 11.3 Å². The Bertz CT molecular complexity index is 1170. The van der Waals surface area contributed by atoms with Crippen molar-refractivity contribution < 1.29 is 9.21 Å². The van der Waals surface area contributed by atoms with Gasteiger partial charge < -0.3 is 9.73 Å². The van der Waals surface area contributed by atoms with Crippen LogP contribution < -0.4 is 5.32 Å². The maximum atomic E-state index is 12.5. The van der Waals surface area contributed by atoms with Gasteiger partial charge >= 0.3 is 0 Å². The highest BCUT2D eigenvalue weighted by atomic mass is 32.1. The van der Waals surface area contributed by atoms with Crippen molar-refractivity contribution in [1.82, 2.24) is 15.1 Å². The van der Waals surface area contributed by atoms with E-state index in [-0.39, 0.29) is 12.1 Å². The summed E-state index contributed by atoms with van der Waals surface area (Å²) in [5, 5.41) is 18.9. The van der Waals surface area contributed by atoms with Gasteiger partial charge in [0.25, 0.3) is 5.91 Å². The van der Waals surface area contributed by atoms with Crippen molar-refractivity contribution >= 4 is 23.3 Å². The topological polar surface area (TPSA) is 83.8 Å². The maximum Gasteiger partial charge on any atom is 0.262 e. The zero-order valence-corrected chi connectivity index (χ0v) is 16.1. The standard InChI is InChI=1S/C22H16N4O2S/c23-13-16(22(27)24-14-19-8-4-10-28-19)12-17-15-26(18-6-2-1-3-7-18)25-21(17)20-9-5-11-29-20/h1-12,15H,14H2,(H,24,27)/b16-12+. The first-order valence-electron chi connectivity index (χ1n) is 8.86. The van der Waals surface area contributed by atoms with Crippen LogP contribution in [0, 0.1) is 11.3 Å². The second-order valence-corrected chi connectivity index (χ2v) is 7.07. The fourth-order valence-corrected chi connectivity index (χ4v) is 3.52. The third-order valence-electron chi connectivity index (χ3n) is 4.19. The second-order valence-electron chi connectivity index (χ2n) is 6.12. The van der Waals surface area contributed by atoms with Gasteiger partial charge in [-0.05, 0) is 41.8 Å². The number of benzene rings is 1. The monoisotopic (exact) mass is 400 g/mol. The molecule has 29 heavy (non-hydrogen) atoms. The molecule has 0 saturated carbocycles. The molecular formula is C22H16N4O2S. The lowest BCUT2D eigenvalue weighted by molar-refractivity contribution is -0.117. The van der Waals surface area contributed by atoms with E-state index in [2.05, 4.69) is 10.4 Å². The molecule has 1 amide bonds. The van der Waals surface area contributed by atoms with Gasteiger partial charge in [0.05, 0.1) is 23.4 Å². The van der Waals surface area contributed by atoms with Crippen LogP contribution in [-0.4, -0.2) is 15.7 Å². The van der Waals surface area contributed by atoms with E-state index in [0.717, 1.165) is 16.3 Å². The van der Waals surface area contributed by atoms with E-state index in [4.69, 9.17) is 4.42 Å². The molecule has 0 aliphatic rings. The molecule has 0 saturated heterocycles. The number of carbonyl (C=O) groups is 1. The Morgan fingerprint density at radius 1 is 1.21 bits per heavy atom. The van der Waals surface area contributed by atoms with Gasteiger partial charge in [0.15, 0.2) is 0 Å². The van der Waals surface area contributed by atoms with Crippen LogP contribution in [-0.2, 0) is 11.3 Å². The van der Waals surface area contributed by atoms with Crippen LogP contribution >= 0.6 is 11.3 Å². The van der Waals surface area contributed by atoms with Gasteiger partial charge in [0, 0.05) is 11.8 Å². The van der Waals surface area contributed by atoms with E-state index in [1.807, 2.05) is 60.1 Å². The SMILES string of the molecule is N#C/C(=C\c1cn(-c2ccccc2)nc1-c1cccs1)C(=O)NCc1ccco1. The number of carbonyl (C=O) groups excluding carboxylic acids is 1. The van der Waals surface area contributed by atoms with E-state index < -0.39 is 5.91 Å². The molecule has 3 aromatic heterocycles. The molecule has 1 N–H and O–H groups in total. The number of nitrogens with zero attached hydrogens (tertiary/aromatic N) is 3. The van der Waals surface area contributed by atoms with E-state index in [0.29, 0.717) is 11.3 Å². The predicted molar refractivity (Wildman–Crippen MR) is 111 cm³/mol. The number of nitrogens with one attached hydrogen (secondary N) is 1. The van der Waals surface area contributed by atoms with E-state index in [1.54, 1.807) is 34.2 Å². The molecule has 1 aromatic carbocycles. The summed E-state index contributed by atoms with van der Waals surface area (Å²) >= 11 is 1.55. The number of nitriles is 1. The quantitative estimate of drug-likeness (QED) is 0.384. The van der Waals surface area contributed by atoms with Crippen LogP contribution in [0.4, 0.5) is 0 Å². The smallest absolute Gasteiger partial charge is 0.262 e. The summed E-state index contributed by atoms with van der Waals surface area (Å²) in [6.07, 6.45) is 4.92. The van der Waals surface area contributed by atoms with Crippen LogP contribution in [0.5, 0.6) is 0 Å². The van der Waals surface area contributed by atoms with Crippen molar-refractivity contribution in [3.8, 4) is 22.3 Å². The summed E-state index contributed by atoms with van der Waals surface area (Å²) in [5.41, 5.74) is 2.31. The molecule has 7 heteroatoms. The first-order chi connectivity index (χ1) is 14.2. The number of aromatic nitrogens is 2. The van der Waals surface area contributed by atoms with Crippen molar-refractivity contribution in [2.45, 2.75) is 6.54 Å². The molecule has 0 fully saturated rings. The third-order valence-corrected chi connectivity index (χ3v) is 5.06. The number of thiophene rings is 1. The summed E-state index contributed by atoms with van der Waals surface area (Å²) < 4.78 is 6.95. The minimum atomic E-state index is -0.464. The molecule has 3 heterocycles. The molecule has 0 radical (unpaired) electrons. The number of hydrogen-bond acceptors (Lipinski definition) is 5. The Morgan fingerprint density at radius 2 is 2.07 bits per heavy atom. The van der Waals surface area contributed by atoms with Crippen molar-refractivity contribution in [2.75, 3.05) is 0 Å². The van der Waals surface area contributed by atoms with E-state index in [9.17, 15) is 10.1 Å². The summed E-state index contributed by atoms with van der Waals surface area (Å²) in [6, 6.07) is 19.1. The lowest BCUT2D eigenvalue weighted by atomic mass is 10.1. The Labute approximate surface area is 171 Å². The minimum absolute atomic E-state index is 0.00183. The maximum absolute atomic E-state index is 12.5. The minimum Gasteiger partial charge on any atom is -0.467 e. The number of para-hydroxylation sites is 1. The molecule has 142 valence electrons. The highest BCUT2D eigenvalue weighted by Crippen LogP contribution is 2.29. The first kappa shape index (κ1) is 18.5. The average Bonchev–Trinajstić information content (AvgIpc) is 3.52. The van der Waals surface area contributed by atoms with E-state index in [1.165, 1.54) is 6.26 Å². The van der Waals surface area contributed by atoms with Gasteiger partial charge in [-0.3, -0.25) is 4.79 Å². The molecule has 0 aliphatic heterocycles. The highest BCUT2D eigenvalue weighted by molar-refractivity contribution is 7.13. The van der Waals surface area contributed by atoms with Crippen molar-refractivity contribution in [3.63, 3.8) is 0 Å². The van der Waals surface area contributed by atoms with Gasteiger partial charge in [-0.1, -0.05) is 24.3 Å². The van der Waals surface area contributed by atoms with Gasteiger partial charge in [0.2, 0.25) is 0 Å². The molecule has 4 rings (SSSR count). The number of amides is 1. The lowest BCUT2D eigenvalue weighted by Crippen LogP contribution is -2.23. The molecule has 0 spiro atoms. The Kier molecular flexibility index (Phi) is 5.36. The molecular weight excluding hydrogens is 384 g/mol. The largest absolute Gasteiger partial charge is 0.467 e. The van der Waals surface area contributed by atoms with Crippen LogP contribution in [0.2, 0.25) is 0 Å². The lowest BCUT2D eigenvalue weighted by Gasteiger charge is -2.02. The fourth-order valence-electron chi connectivity index (χ4n) is 2.79. The normalized spacial score (nSPS) is 11.2. The molecule has 4 aromatic rings. The fraction of sp³-hybridized carbons (Fsp3) is 0.0455. The van der Waals surface area contributed by atoms with Crippen LogP contribution in [0.25, 0.3) is 22.3 Å². The Morgan fingerprint density at radius 3 is 2.76 bits per heavy atom. The summed E-state index contributed by atoms with van der Waals surface area (Å²) in [7, 11) is 0. The average molecular weight is 400 g/mol. The molecule has 0 aliphatic carbocycles. The highest BCUT2D eigenvalue weighted by Gasteiger charge is 2.15. The first-order valence-corrected chi connectivity index (χ1v) is 9.74. The summed E-state index contributed by atoms with van der Waals surface area (Å²) in [4.78, 5) is 13.4. The molecule has 0 bridgehead atoms.